The van der Waals surface area contributed by atoms with Crippen molar-refractivity contribution < 1.29 is 14.7 Å². The minimum atomic E-state index is 0.0523. The summed E-state index contributed by atoms with van der Waals surface area (Å²) in [4.78, 5) is 0. The first-order valence-electron chi connectivity index (χ1n) is 4.87. The number of nitrogens with one attached hydrogen (secondary N) is 1. The lowest BCUT2D eigenvalue weighted by Gasteiger charge is -2.05. The topological polar surface area (TPSA) is 78.5 Å². The van der Waals surface area contributed by atoms with Crippen LogP contribution in [0.1, 0.15) is 11.3 Å². The van der Waals surface area contributed by atoms with Crippen molar-refractivity contribution in [3.63, 3.8) is 0 Å². The Balaban J connectivity index is 1.90. The van der Waals surface area contributed by atoms with Crippen molar-refractivity contribution in [3.05, 3.63) is 41.8 Å². The van der Waals surface area contributed by atoms with E-state index in [-0.39, 0.29) is 11.5 Å². The fourth-order valence-corrected chi connectivity index (χ4v) is 1.36. The summed E-state index contributed by atoms with van der Waals surface area (Å²) in [5.41, 5.74) is 0.720. The zero-order valence-corrected chi connectivity index (χ0v) is 8.55. The smallest absolute Gasteiger partial charge is 0.150 e. The molecule has 0 aliphatic carbocycles. The van der Waals surface area contributed by atoms with Gasteiger partial charge in [-0.05, 0) is 6.07 Å². The highest BCUT2D eigenvalue weighted by Crippen LogP contribution is 2.22. The minimum absolute atomic E-state index is 0.0523. The summed E-state index contributed by atoms with van der Waals surface area (Å²) < 4.78 is 4.91. The summed E-state index contributed by atoms with van der Waals surface area (Å²) >= 11 is 0. The molecule has 2 rings (SSSR count). The number of rotatable bonds is 4. The molecule has 3 N–H and O–H groups in total. The Hall–Kier alpha value is -2.01. The Morgan fingerprint density at radius 3 is 2.75 bits per heavy atom. The van der Waals surface area contributed by atoms with Crippen molar-refractivity contribution in [2.75, 3.05) is 0 Å². The maximum atomic E-state index is 9.51. The predicted molar refractivity (Wildman–Crippen MR) is 56.8 cm³/mol. The maximum Gasteiger partial charge on any atom is 0.150 e. The number of aromatic nitrogens is 1. The first kappa shape index (κ1) is 10.5. The summed E-state index contributed by atoms with van der Waals surface area (Å²) in [5, 5.41) is 25.3. The van der Waals surface area contributed by atoms with Crippen LogP contribution in [0.3, 0.4) is 0 Å². The van der Waals surface area contributed by atoms with Crippen molar-refractivity contribution in [3.8, 4) is 11.5 Å². The summed E-state index contributed by atoms with van der Waals surface area (Å²) in [6.45, 7) is 1.03. The van der Waals surface area contributed by atoms with Crippen LogP contribution in [0.4, 0.5) is 0 Å². The second-order valence-electron chi connectivity index (χ2n) is 3.40. The van der Waals surface area contributed by atoms with Gasteiger partial charge >= 0.3 is 0 Å². The fraction of sp³-hybridized carbons (Fsp3) is 0.182. The van der Waals surface area contributed by atoms with Gasteiger partial charge < -0.3 is 20.1 Å². The number of hydrogen-bond acceptors (Lipinski definition) is 5. The van der Waals surface area contributed by atoms with E-state index < -0.39 is 0 Å². The second kappa shape index (κ2) is 4.67. The molecule has 5 nitrogen and oxygen atoms in total. The van der Waals surface area contributed by atoms with Crippen molar-refractivity contribution in [2.24, 2.45) is 0 Å². The Labute approximate surface area is 92.3 Å². The highest BCUT2D eigenvalue weighted by atomic mass is 16.5. The van der Waals surface area contributed by atoms with Gasteiger partial charge in [0, 0.05) is 24.2 Å². The van der Waals surface area contributed by atoms with Crippen molar-refractivity contribution in [1.29, 1.82) is 0 Å². The normalized spacial score (nSPS) is 10.5. The van der Waals surface area contributed by atoms with Gasteiger partial charge in [-0.15, -0.1) is 0 Å². The monoisotopic (exact) mass is 220 g/mol. The van der Waals surface area contributed by atoms with Crippen LogP contribution in [0.25, 0.3) is 0 Å². The zero-order valence-electron chi connectivity index (χ0n) is 8.55. The van der Waals surface area contributed by atoms with Crippen molar-refractivity contribution in [2.45, 2.75) is 13.1 Å². The standard InChI is InChI=1S/C11H12N2O3/c14-9-2-1-8(11(15)5-9)6-12-7-10-3-4-13-16-10/h1-5,12,14-15H,6-7H2. The van der Waals surface area contributed by atoms with Crippen molar-refractivity contribution in [1.82, 2.24) is 10.5 Å². The van der Waals surface area contributed by atoms with Crippen LogP contribution in [-0.2, 0) is 13.1 Å². The number of nitrogens with zero attached hydrogens (tertiary/aromatic N) is 1. The van der Waals surface area contributed by atoms with Crippen LogP contribution >= 0.6 is 0 Å². The van der Waals surface area contributed by atoms with E-state index in [1.807, 2.05) is 0 Å². The average molecular weight is 220 g/mol. The van der Waals surface area contributed by atoms with Gasteiger partial charge in [0.05, 0.1) is 12.7 Å². The van der Waals surface area contributed by atoms with Crippen LogP contribution in [0, 0.1) is 0 Å². The lowest BCUT2D eigenvalue weighted by Crippen LogP contribution is -2.12. The Morgan fingerprint density at radius 1 is 1.19 bits per heavy atom. The van der Waals surface area contributed by atoms with E-state index in [2.05, 4.69) is 10.5 Å². The quantitative estimate of drug-likeness (QED) is 0.725. The summed E-state index contributed by atoms with van der Waals surface area (Å²) in [7, 11) is 0. The van der Waals surface area contributed by atoms with Crippen LogP contribution in [0.5, 0.6) is 11.5 Å². The molecular weight excluding hydrogens is 208 g/mol. The molecule has 5 heteroatoms. The van der Waals surface area contributed by atoms with E-state index in [1.54, 1.807) is 18.3 Å². The maximum absolute atomic E-state index is 9.51. The molecule has 0 unspecified atom stereocenters. The molecule has 0 saturated heterocycles. The van der Waals surface area contributed by atoms with Crippen LogP contribution in [0.2, 0.25) is 0 Å². The average Bonchev–Trinajstić information content (AvgIpc) is 2.74. The van der Waals surface area contributed by atoms with E-state index >= 15 is 0 Å². The SMILES string of the molecule is Oc1ccc(CNCc2ccno2)c(O)c1. The van der Waals surface area contributed by atoms with Gasteiger partial charge in [-0.3, -0.25) is 0 Å². The van der Waals surface area contributed by atoms with E-state index in [0.717, 1.165) is 11.3 Å². The van der Waals surface area contributed by atoms with Gasteiger partial charge in [0.1, 0.15) is 17.3 Å². The van der Waals surface area contributed by atoms with E-state index in [4.69, 9.17) is 9.63 Å². The van der Waals surface area contributed by atoms with Gasteiger partial charge in [0.25, 0.3) is 0 Å². The third-order valence-corrected chi connectivity index (χ3v) is 2.17. The molecule has 16 heavy (non-hydrogen) atoms. The first-order chi connectivity index (χ1) is 7.75. The number of aromatic hydroxyl groups is 2. The molecule has 0 fully saturated rings. The second-order valence-corrected chi connectivity index (χ2v) is 3.40. The lowest BCUT2D eigenvalue weighted by molar-refractivity contribution is 0.371. The first-order valence-corrected chi connectivity index (χ1v) is 4.87. The molecule has 2 aromatic rings. The van der Waals surface area contributed by atoms with Crippen LogP contribution in [-0.4, -0.2) is 15.4 Å². The Morgan fingerprint density at radius 2 is 2.06 bits per heavy atom. The third kappa shape index (κ3) is 2.52. The van der Waals surface area contributed by atoms with Crippen LogP contribution < -0.4 is 5.32 Å². The fourth-order valence-electron chi connectivity index (χ4n) is 1.36. The molecule has 0 amide bonds. The minimum Gasteiger partial charge on any atom is -0.508 e. The molecular formula is C11H12N2O3. The molecule has 0 radical (unpaired) electrons. The predicted octanol–water partition coefficient (Wildman–Crippen LogP) is 1.38. The largest absolute Gasteiger partial charge is 0.508 e. The van der Waals surface area contributed by atoms with Crippen molar-refractivity contribution >= 4 is 0 Å². The Kier molecular flexibility index (Phi) is 3.07. The molecule has 0 atom stereocenters. The molecule has 0 bridgehead atoms. The van der Waals surface area contributed by atoms with E-state index in [1.165, 1.54) is 12.1 Å². The molecule has 84 valence electrons. The summed E-state index contributed by atoms with van der Waals surface area (Å²) in [6, 6.07) is 6.28. The van der Waals surface area contributed by atoms with Crippen LogP contribution in [0.15, 0.2) is 35.0 Å². The van der Waals surface area contributed by atoms with Gasteiger partial charge in [-0.2, -0.15) is 0 Å². The number of benzene rings is 1. The molecule has 1 aromatic carbocycles. The van der Waals surface area contributed by atoms with Gasteiger partial charge in [-0.1, -0.05) is 11.2 Å². The molecule has 1 heterocycles. The number of hydrogen-bond donors (Lipinski definition) is 3. The highest BCUT2D eigenvalue weighted by molar-refractivity contribution is 5.38. The summed E-state index contributed by atoms with van der Waals surface area (Å²) in [6.07, 6.45) is 1.58. The van der Waals surface area contributed by atoms with E-state index in [0.29, 0.717) is 13.1 Å². The number of phenols is 2. The Bertz CT molecular complexity index is 454. The molecule has 1 aromatic heterocycles. The molecule has 0 saturated carbocycles. The highest BCUT2D eigenvalue weighted by Gasteiger charge is 2.02. The molecule has 0 aliphatic heterocycles. The summed E-state index contributed by atoms with van der Waals surface area (Å²) in [5.74, 6) is 0.861. The lowest BCUT2D eigenvalue weighted by atomic mass is 10.2. The number of phenolic OH excluding ortho intramolecular Hbond substituents is 2. The van der Waals surface area contributed by atoms with Gasteiger partial charge in [0.2, 0.25) is 0 Å². The third-order valence-electron chi connectivity index (χ3n) is 2.17. The van der Waals surface area contributed by atoms with Gasteiger partial charge in [-0.25, -0.2) is 0 Å². The molecule has 0 aliphatic rings. The van der Waals surface area contributed by atoms with Gasteiger partial charge in [0.15, 0.2) is 0 Å². The zero-order chi connectivity index (χ0) is 11.4. The van der Waals surface area contributed by atoms with E-state index in [9.17, 15) is 5.11 Å². The molecule has 0 spiro atoms.